The Balaban J connectivity index is 1.52. The van der Waals surface area contributed by atoms with Gasteiger partial charge in [0.25, 0.3) is 0 Å². The van der Waals surface area contributed by atoms with E-state index in [0.717, 1.165) is 25.1 Å². The van der Waals surface area contributed by atoms with Crippen LogP contribution < -0.4 is 5.32 Å². The lowest BCUT2D eigenvalue weighted by atomic mass is 9.70. The van der Waals surface area contributed by atoms with Crippen molar-refractivity contribution < 1.29 is 4.74 Å². The zero-order chi connectivity index (χ0) is 14.4. The van der Waals surface area contributed by atoms with Crippen molar-refractivity contribution in [2.24, 2.45) is 11.3 Å². The Bertz CT molecular complexity index is 271. The minimum absolute atomic E-state index is 0.557. The van der Waals surface area contributed by atoms with Crippen molar-refractivity contribution in [3.63, 3.8) is 0 Å². The Morgan fingerprint density at radius 2 is 1.85 bits per heavy atom. The lowest BCUT2D eigenvalue weighted by molar-refractivity contribution is 0.0264. The Morgan fingerprint density at radius 1 is 1.10 bits per heavy atom. The van der Waals surface area contributed by atoms with Gasteiger partial charge in [-0.15, -0.1) is 0 Å². The fourth-order valence-corrected chi connectivity index (χ4v) is 4.09. The largest absolute Gasteiger partial charge is 0.378 e. The van der Waals surface area contributed by atoms with E-state index < -0.39 is 0 Å². The molecule has 0 aromatic carbocycles. The highest BCUT2D eigenvalue weighted by atomic mass is 16.5. The summed E-state index contributed by atoms with van der Waals surface area (Å²) in [7, 11) is 0. The molecule has 2 rings (SSSR count). The fraction of sp³-hybridized carbons (Fsp3) is 1.00. The molecule has 0 aromatic heterocycles. The van der Waals surface area contributed by atoms with Crippen LogP contribution in [0.4, 0.5) is 0 Å². The SMILES string of the molecule is CC1CC(C)(C)CCC1NCCCOC1CCCCC1. The van der Waals surface area contributed by atoms with E-state index >= 15 is 0 Å². The van der Waals surface area contributed by atoms with Gasteiger partial charge < -0.3 is 10.1 Å². The Hall–Kier alpha value is -0.0800. The van der Waals surface area contributed by atoms with Gasteiger partial charge in [0, 0.05) is 12.6 Å². The average Bonchev–Trinajstić information content (AvgIpc) is 2.41. The summed E-state index contributed by atoms with van der Waals surface area (Å²) >= 11 is 0. The third-order valence-corrected chi connectivity index (χ3v) is 5.33. The van der Waals surface area contributed by atoms with E-state index in [1.807, 2.05) is 0 Å². The van der Waals surface area contributed by atoms with E-state index in [1.54, 1.807) is 0 Å². The van der Waals surface area contributed by atoms with Crippen LogP contribution in [0.1, 0.15) is 78.6 Å². The molecule has 2 saturated carbocycles. The van der Waals surface area contributed by atoms with Crippen molar-refractivity contribution in [3.8, 4) is 0 Å². The smallest absolute Gasteiger partial charge is 0.0575 e. The van der Waals surface area contributed by atoms with E-state index in [-0.39, 0.29) is 0 Å². The molecule has 1 N–H and O–H groups in total. The molecule has 2 unspecified atom stereocenters. The minimum Gasteiger partial charge on any atom is -0.378 e. The second-order valence-electron chi connectivity index (χ2n) is 7.93. The first-order valence-corrected chi connectivity index (χ1v) is 8.92. The molecular weight excluding hydrogens is 246 g/mol. The molecule has 0 radical (unpaired) electrons. The van der Waals surface area contributed by atoms with Crippen LogP contribution in [0.2, 0.25) is 0 Å². The molecule has 118 valence electrons. The van der Waals surface area contributed by atoms with E-state index in [9.17, 15) is 0 Å². The lowest BCUT2D eigenvalue weighted by Crippen LogP contribution is -2.42. The van der Waals surface area contributed by atoms with E-state index in [1.165, 1.54) is 57.8 Å². The van der Waals surface area contributed by atoms with Gasteiger partial charge in [0.15, 0.2) is 0 Å². The molecule has 20 heavy (non-hydrogen) atoms. The third kappa shape index (κ3) is 5.37. The first-order chi connectivity index (χ1) is 9.57. The number of rotatable bonds is 6. The molecule has 2 aliphatic rings. The average molecular weight is 281 g/mol. The van der Waals surface area contributed by atoms with Gasteiger partial charge in [0.05, 0.1) is 6.10 Å². The Morgan fingerprint density at radius 3 is 2.55 bits per heavy atom. The number of hydrogen-bond acceptors (Lipinski definition) is 2. The van der Waals surface area contributed by atoms with Gasteiger partial charge in [0.2, 0.25) is 0 Å². The van der Waals surface area contributed by atoms with Crippen molar-refractivity contribution in [1.82, 2.24) is 5.32 Å². The molecule has 0 saturated heterocycles. The van der Waals surface area contributed by atoms with Gasteiger partial charge in [-0.25, -0.2) is 0 Å². The van der Waals surface area contributed by atoms with Crippen LogP contribution in [0.5, 0.6) is 0 Å². The lowest BCUT2D eigenvalue weighted by Gasteiger charge is -2.39. The van der Waals surface area contributed by atoms with Crippen molar-refractivity contribution >= 4 is 0 Å². The van der Waals surface area contributed by atoms with Gasteiger partial charge in [-0.1, -0.05) is 40.0 Å². The first kappa shape index (κ1) is 16.3. The highest BCUT2D eigenvalue weighted by molar-refractivity contribution is 4.86. The molecule has 2 atom stereocenters. The molecule has 2 aliphatic carbocycles. The maximum absolute atomic E-state index is 5.99. The molecule has 0 aliphatic heterocycles. The minimum atomic E-state index is 0.557. The maximum atomic E-state index is 5.99. The summed E-state index contributed by atoms with van der Waals surface area (Å²) in [6.07, 6.45) is 12.6. The van der Waals surface area contributed by atoms with Crippen LogP contribution in [0.25, 0.3) is 0 Å². The second kappa shape index (κ2) is 7.79. The van der Waals surface area contributed by atoms with Crippen molar-refractivity contribution in [1.29, 1.82) is 0 Å². The Kier molecular flexibility index (Phi) is 6.35. The van der Waals surface area contributed by atoms with Crippen molar-refractivity contribution in [2.75, 3.05) is 13.2 Å². The van der Waals surface area contributed by atoms with Crippen LogP contribution in [-0.2, 0) is 4.74 Å². The molecule has 0 spiro atoms. The summed E-state index contributed by atoms with van der Waals surface area (Å²) < 4.78 is 5.99. The quantitative estimate of drug-likeness (QED) is 0.722. The summed E-state index contributed by atoms with van der Waals surface area (Å²) in [5, 5.41) is 3.77. The molecule has 2 heteroatoms. The van der Waals surface area contributed by atoms with Crippen LogP contribution >= 0.6 is 0 Å². The van der Waals surface area contributed by atoms with Gasteiger partial charge in [-0.05, 0) is 56.4 Å². The predicted octanol–water partition coefficient (Wildman–Crippen LogP) is 4.53. The van der Waals surface area contributed by atoms with Crippen LogP contribution in [0.15, 0.2) is 0 Å². The topological polar surface area (TPSA) is 21.3 Å². The zero-order valence-electron chi connectivity index (χ0n) is 13.9. The number of ether oxygens (including phenoxy) is 1. The monoisotopic (exact) mass is 281 g/mol. The molecule has 2 fully saturated rings. The van der Waals surface area contributed by atoms with Gasteiger partial charge in [-0.2, -0.15) is 0 Å². The normalized spacial score (nSPS) is 31.4. The van der Waals surface area contributed by atoms with E-state index in [4.69, 9.17) is 4.74 Å². The summed E-state index contributed by atoms with van der Waals surface area (Å²) in [6, 6.07) is 0.734. The summed E-state index contributed by atoms with van der Waals surface area (Å²) in [5.74, 6) is 0.818. The first-order valence-electron chi connectivity index (χ1n) is 8.92. The molecule has 2 nitrogen and oxygen atoms in total. The summed E-state index contributed by atoms with van der Waals surface area (Å²) in [5.41, 5.74) is 0.557. The standard InChI is InChI=1S/C18H35NO/c1-15-14-18(2,3)11-10-17(15)19-12-7-13-20-16-8-5-4-6-9-16/h15-17,19H,4-14H2,1-3H3. The van der Waals surface area contributed by atoms with Gasteiger partial charge >= 0.3 is 0 Å². The predicted molar refractivity (Wildman–Crippen MR) is 86.0 cm³/mol. The molecule has 0 amide bonds. The van der Waals surface area contributed by atoms with Crippen LogP contribution in [0, 0.1) is 11.3 Å². The molecular formula is C18H35NO. The number of nitrogens with one attached hydrogen (secondary N) is 1. The van der Waals surface area contributed by atoms with Crippen molar-refractivity contribution in [2.45, 2.75) is 90.7 Å². The van der Waals surface area contributed by atoms with Crippen LogP contribution in [-0.4, -0.2) is 25.3 Å². The zero-order valence-corrected chi connectivity index (χ0v) is 13.9. The molecule has 0 aromatic rings. The van der Waals surface area contributed by atoms with E-state index in [2.05, 4.69) is 26.1 Å². The molecule has 0 heterocycles. The summed E-state index contributed by atoms with van der Waals surface area (Å²) in [6.45, 7) is 9.32. The van der Waals surface area contributed by atoms with E-state index in [0.29, 0.717) is 11.5 Å². The third-order valence-electron chi connectivity index (χ3n) is 5.33. The van der Waals surface area contributed by atoms with Gasteiger partial charge in [-0.3, -0.25) is 0 Å². The maximum Gasteiger partial charge on any atom is 0.0575 e. The molecule has 0 bridgehead atoms. The van der Waals surface area contributed by atoms with Gasteiger partial charge in [0.1, 0.15) is 0 Å². The highest BCUT2D eigenvalue weighted by Crippen LogP contribution is 2.38. The highest BCUT2D eigenvalue weighted by Gasteiger charge is 2.31. The number of hydrogen-bond donors (Lipinski definition) is 1. The fourth-order valence-electron chi connectivity index (χ4n) is 4.09. The second-order valence-corrected chi connectivity index (χ2v) is 7.93. The Labute approximate surface area is 126 Å². The van der Waals surface area contributed by atoms with Crippen molar-refractivity contribution in [3.05, 3.63) is 0 Å². The summed E-state index contributed by atoms with van der Waals surface area (Å²) in [4.78, 5) is 0. The van der Waals surface area contributed by atoms with Crippen LogP contribution in [0.3, 0.4) is 0 Å².